The van der Waals surface area contributed by atoms with Crippen LogP contribution in [0.25, 0.3) is 11.7 Å². The Morgan fingerprint density at radius 1 is 1.19 bits per heavy atom. The van der Waals surface area contributed by atoms with Crippen LogP contribution in [0.4, 0.5) is 11.6 Å². The molecule has 1 aliphatic carbocycles. The summed E-state index contributed by atoms with van der Waals surface area (Å²) in [5.74, 6) is 1.29. The van der Waals surface area contributed by atoms with E-state index < -0.39 is 5.69 Å². The van der Waals surface area contributed by atoms with Gasteiger partial charge in [0.1, 0.15) is 23.4 Å². The average Bonchev–Trinajstić information content (AvgIpc) is 3.54. The van der Waals surface area contributed by atoms with Crippen molar-refractivity contribution in [2.75, 3.05) is 36.0 Å². The Morgan fingerprint density at radius 2 is 1.94 bits per heavy atom. The first-order chi connectivity index (χ1) is 17.5. The van der Waals surface area contributed by atoms with Gasteiger partial charge in [0, 0.05) is 43.2 Å². The Balaban J connectivity index is 1.41. The number of fused-ring (bicyclic) bond motifs is 1. The number of anilines is 2. The number of hydrogen-bond donors (Lipinski definition) is 3. The fourth-order valence-electron chi connectivity index (χ4n) is 4.52. The van der Waals surface area contributed by atoms with Crippen LogP contribution in [0, 0.1) is 18.3 Å². The van der Waals surface area contributed by atoms with Crippen molar-refractivity contribution in [2.45, 2.75) is 25.8 Å². The van der Waals surface area contributed by atoms with Crippen LogP contribution < -0.4 is 26.2 Å². The second-order valence-electron chi connectivity index (χ2n) is 9.03. The van der Waals surface area contributed by atoms with E-state index in [0.717, 1.165) is 29.7 Å². The van der Waals surface area contributed by atoms with E-state index in [9.17, 15) is 15.2 Å². The van der Waals surface area contributed by atoms with Crippen LogP contribution in [0.5, 0.6) is 5.88 Å². The molecule has 4 aromatic heterocycles. The lowest BCUT2D eigenvalue weighted by Crippen LogP contribution is -2.48. The van der Waals surface area contributed by atoms with Crippen LogP contribution >= 0.6 is 0 Å². The van der Waals surface area contributed by atoms with Gasteiger partial charge in [-0.15, -0.1) is 0 Å². The van der Waals surface area contributed by atoms with Gasteiger partial charge >= 0.3 is 5.69 Å². The van der Waals surface area contributed by atoms with Crippen molar-refractivity contribution in [2.24, 2.45) is 4.99 Å². The SMILES string of the molecule is Cc1c(N2CCN(c3ncccc3C#N)CC2)nc2/c(=C/c3[nH]c(=O)[nH]c3O)cnn2c1=NC1CC1. The van der Waals surface area contributed by atoms with E-state index in [-0.39, 0.29) is 17.6 Å². The Morgan fingerprint density at radius 3 is 2.61 bits per heavy atom. The standard InChI is InChI=1S/C24H24N10O2/c1-14-19(32-7-9-33(10-8-32)21-15(12-25)3-2-6-26-21)30-22-16(11-18-23(35)31-24(36)29-18)13-27-34(22)20(14)28-17-4-5-17/h2-3,6,11,13,17,35H,4-5,7-10H2,1H3,(H2,29,31,36)/b16-11+,28-20?. The third-order valence-electron chi connectivity index (χ3n) is 6.53. The van der Waals surface area contributed by atoms with Gasteiger partial charge in [0.2, 0.25) is 5.88 Å². The van der Waals surface area contributed by atoms with Gasteiger partial charge in [-0.05, 0) is 38.0 Å². The molecule has 182 valence electrons. The predicted molar refractivity (Wildman–Crippen MR) is 132 cm³/mol. The summed E-state index contributed by atoms with van der Waals surface area (Å²) in [6.45, 7) is 4.82. The number of H-pyrrole nitrogens is 2. The number of nitrogens with zero attached hydrogens (tertiary/aromatic N) is 8. The highest BCUT2D eigenvalue weighted by Crippen LogP contribution is 2.24. The molecule has 5 heterocycles. The second kappa shape index (κ2) is 8.53. The number of pyridine rings is 1. The molecule has 0 amide bonds. The van der Waals surface area contributed by atoms with Crippen molar-refractivity contribution in [3.63, 3.8) is 0 Å². The molecule has 0 aromatic carbocycles. The van der Waals surface area contributed by atoms with Crippen LogP contribution in [0.15, 0.2) is 34.3 Å². The Kier molecular flexibility index (Phi) is 5.18. The van der Waals surface area contributed by atoms with Crippen molar-refractivity contribution in [3.05, 3.63) is 62.5 Å². The Bertz CT molecular complexity index is 1680. The molecular weight excluding hydrogens is 460 g/mol. The van der Waals surface area contributed by atoms with Crippen LogP contribution in [0.3, 0.4) is 0 Å². The first-order valence-electron chi connectivity index (χ1n) is 11.8. The number of aromatic hydroxyl groups is 1. The van der Waals surface area contributed by atoms with Gasteiger partial charge in [-0.2, -0.15) is 14.9 Å². The molecule has 1 aliphatic heterocycles. The molecule has 6 rings (SSSR count). The third kappa shape index (κ3) is 3.84. The molecule has 1 saturated heterocycles. The summed E-state index contributed by atoms with van der Waals surface area (Å²) in [5, 5.41) is 24.7. The molecule has 12 heteroatoms. The van der Waals surface area contributed by atoms with Crippen LogP contribution in [-0.2, 0) is 0 Å². The van der Waals surface area contributed by atoms with Crippen LogP contribution in [0.2, 0.25) is 0 Å². The van der Waals surface area contributed by atoms with Gasteiger partial charge in [-0.25, -0.2) is 14.8 Å². The lowest BCUT2D eigenvalue weighted by Gasteiger charge is -2.36. The minimum absolute atomic E-state index is 0.239. The zero-order chi connectivity index (χ0) is 24.8. The van der Waals surface area contributed by atoms with Crippen molar-refractivity contribution in [3.8, 4) is 11.9 Å². The quantitative estimate of drug-likeness (QED) is 0.365. The third-order valence-corrected chi connectivity index (χ3v) is 6.53. The number of nitriles is 1. The van der Waals surface area contributed by atoms with E-state index >= 15 is 0 Å². The van der Waals surface area contributed by atoms with Gasteiger partial charge < -0.3 is 19.9 Å². The van der Waals surface area contributed by atoms with Crippen molar-refractivity contribution in [1.29, 1.82) is 5.26 Å². The smallest absolute Gasteiger partial charge is 0.326 e. The van der Waals surface area contributed by atoms with E-state index in [0.29, 0.717) is 48.4 Å². The number of imidazole rings is 1. The zero-order valence-corrected chi connectivity index (χ0v) is 19.6. The second-order valence-corrected chi connectivity index (χ2v) is 9.03. The predicted octanol–water partition coefficient (Wildman–Crippen LogP) is -0.0362. The summed E-state index contributed by atoms with van der Waals surface area (Å²) in [5.41, 5.74) is 2.65. The molecule has 0 bridgehead atoms. The summed E-state index contributed by atoms with van der Waals surface area (Å²) in [4.78, 5) is 35.2. The fourth-order valence-corrected chi connectivity index (χ4v) is 4.52. The molecule has 0 spiro atoms. The van der Waals surface area contributed by atoms with E-state index in [1.165, 1.54) is 0 Å². The Hall–Kier alpha value is -4.66. The van der Waals surface area contributed by atoms with E-state index in [1.807, 2.05) is 6.92 Å². The van der Waals surface area contributed by atoms with Gasteiger partial charge in [0.15, 0.2) is 11.1 Å². The molecule has 1 saturated carbocycles. The topological polar surface area (TPSA) is 155 Å². The zero-order valence-electron chi connectivity index (χ0n) is 19.6. The van der Waals surface area contributed by atoms with Crippen molar-refractivity contribution in [1.82, 2.24) is 29.5 Å². The molecule has 36 heavy (non-hydrogen) atoms. The number of piperazine rings is 1. The van der Waals surface area contributed by atoms with Crippen molar-refractivity contribution < 1.29 is 5.11 Å². The molecule has 0 radical (unpaired) electrons. The van der Waals surface area contributed by atoms with Crippen molar-refractivity contribution >= 4 is 23.4 Å². The normalized spacial score (nSPS) is 17.2. The minimum Gasteiger partial charge on any atom is -0.493 e. The molecule has 2 fully saturated rings. The van der Waals surface area contributed by atoms with Crippen LogP contribution in [-0.4, -0.2) is 66.9 Å². The summed E-state index contributed by atoms with van der Waals surface area (Å²) < 4.78 is 1.73. The van der Waals surface area contributed by atoms with Crippen LogP contribution in [0.1, 0.15) is 29.7 Å². The maximum absolute atomic E-state index is 11.6. The molecule has 0 atom stereocenters. The molecular formula is C24H24N10O2. The molecule has 4 aromatic rings. The molecule has 12 nitrogen and oxygen atoms in total. The highest BCUT2D eigenvalue weighted by Gasteiger charge is 2.25. The van der Waals surface area contributed by atoms with E-state index in [4.69, 9.17) is 9.98 Å². The van der Waals surface area contributed by atoms with Gasteiger partial charge in [-0.1, -0.05) is 0 Å². The highest BCUT2D eigenvalue weighted by atomic mass is 16.3. The number of aromatic nitrogens is 6. The van der Waals surface area contributed by atoms with Gasteiger partial charge in [-0.3, -0.25) is 9.98 Å². The molecule has 3 N–H and O–H groups in total. The maximum atomic E-state index is 11.6. The molecule has 2 aliphatic rings. The first kappa shape index (κ1) is 21.8. The minimum atomic E-state index is -0.491. The van der Waals surface area contributed by atoms with E-state index in [1.54, 1.807) is 35.1 Å². The number of nitrogens with one attached hydrogen (secondary N) is 2. The summed E-state index contributed by atoms with van der Waals surface area (Å²) >= 11 is 0. The lowest BCUT2D eigenvalue weighted by atomic mass is 10.2. The number of hydrogen-bond acceptors (Lipinski definition) is 9. The molecule has 0 unspecified atom stereocenters. The highest BCUT2D eigenvalue weighted by molar-refractivity contribution is 5.60. The largest absolute Gasteiger partial charge is 0.493 e. The number of rotatable bonds is 4. The summed E-state index contributed by atoms with van der Waals surface area (Å²) in [6.07, 6.45) is 7.12. The monoisotopic (exact) mass is 484 g/mol. The summed E-state index contributed by atoms with van der Waals surface area (Å²) in [6, 6.07) is 6.07. The van der Waals surface area contributed by atoms with Gasteiger partial charge in [0.05, 0.1) is 17.8 Å². The summed E-state index contributed by atoms with van der Waals surface area (Å²) in [7, 11) is 0. The average molecular weight is 485 g/mol. The lowest BCUT2D eigenvalue weighted by molar-refractivity contribution is 0.454. The Labute approximate surface area is 204 Å². The number of aromatic amines is 2. The maximum Gasteiger partial charge on any atom is 0.326 e. The fraction of sp³-hybridized carbons (Fsp3) is 0.333. The first-order valence-corrected chi connectivity index (χ1v) is 11.8. The van der Waals surface area contributed by atoms with Gasteiger partial charge in [0.25, 0.3) is 0 Å². The van der Waals surface area contributed by atoms with E-state index in [2.05, 4.69) is 35.9 Å².